The molecule has 0 saturated heterocycles. The molecule has 0 atom stereocenters. The SMILES string of the molecule is CCCCc1ccccc1-c1ccc(-c2ccccc2)c(F)c1. The number of hydrogen-bond donors (Lipinski definition) is 0. The molecule has 0 heterocycles. The van der Waals surface area contributed by atoms with Crippen LogP contribution in [-0.4, -0.2) is 0 Å². The first-order valence-corrected chi connectivity index (χ1v) is 8.23. The van der Waals surface area contributed by atoms with E-state index < -0.39 is 0 Å². The Morgan fingerprint density at radius 1 is 0.739 bits per heavy atom. The first kappa shape index (κ1) is 15.5. The second-order valence-electron chi connectivity index (χ2n) is 5.82. The first-order valence-electron chi connectivity index (χ1n) is 8.23. The Morgan fingerprint density at radius 2 is 1.48 bits per heavy atom. The van der Waals surface area contributed by atoms with Crippen molar-refractivity contribution in [2.24, 2.45) is 0 Å². The fraction of sp³-hybridized carbons (Fsp3) is 0.182. The fourth-order valence-electron chi connectivity index (χ4n) is 2.92. The van der Waals surface area contributed by atoms with Gasteiger partial charge in [-0.25, -0.2) is 4.39 Å². The molecule has 23 heavy (non-hydrogen) atoms. The number of aryl methyl sites for hydroxylation is 1. The molecule has 0 aromatic heterocycles. The van der Waals surface area contributed by atoms with Crippen molar-refractivity contribution >= 4 is 0 Å². The van der Waals surface area contributed by atoms with Crippen LogP contribution in [0.5, 0.6) is 0 Å². The summed E-state index contributed by atoms with van der Waals surface area (Å²) in [7, 11) is 0. The highest BCUT2D eigenvalue weighted by atomic mass is 19.1. The minimum absolute atomic E-state index is 0.168. The lowest BCUT2D eigenvalue weighted by atomic mass is 9.94. The molecule has 0 N–H and O–H groups in total. The highest BCUT2D eigenvalue weighted by Gasteiger charge is 2.09. The molecule has 3 rings (SSSR count). The van der Waals surface area contributed by atoms with Crippen molar-refractivity contribution in [1.29, 1.82) is 0 Å². The lowest BCUT2D eigenvalue weighted by Gasteiger charge is -2.11. The van der Waals surface area contributed by atoms with Crippen LogP contribution in [0, 0.1) is 5.82 Å². The summed E-state index contributed by atoms with van der Waals surface area (Å²) in [6.45, 7) is 2.19. The third-order valence-corrected chi connectivity index (χ3v) is 4.18. The molecule has 3 aromatic carbocycles. The van der Waals surface area contributed by atoms with Crippen molar-refractivity contribution in [3.05, 3.63) is 84.2 Å². The van der Waals surface area contributed by atoms with Gasteiger partial charge in [0.15, 0.2) is 0 Å². The highest BCUT2D eigenvalue weighted by Crippen LogP contribution is 2.30. The lowest BCUT2D eigenvalue weighted by Crippen LogP contribution is -1.92. The van der Waals surface area contributed by atoms with Crippen molar-refractivity contribution in [3.63, 3.8) is 0 Å². The Bertz CT molecular complexity index is 775. The standard InChI is InChI=1S/C22H21F/c1-2-3-9-17-12-7-8-13-20(17)19-14-15-21(22(23)16-19)18-10-5-4-6-11-18/h4-8,10-16H,2-3,9H2,1H3. The predicted molar refractivity (Wildman–Crippen MR) is 95.9 cm³/mol. The largest absolute Gasteiger partial charge is 0.206 e. The van der Waals surface area contributed by atoms with E-state index in [1.54, 1.807) is 6.07 Å². The van der Waals surface area contributed by atoms with Crippen LogP contribution in [0.3, 0.4) is 0 Å². The minimum Gasteiger partial charge on any atom is -0.206 e. The third-order valence-electron chi connectivity index (χ3n) is 4.18. The van der Waals surface area contributed by atoms with Gasteiger partial charge in [0.1, 0.15) is 5.82 Å². The summed E-state index contributed by atoms with van der Waals surface area (Å²) in [4.78, 5) is 0. The maximum Gasteiger partial charge on any atom is 0.131 e. The van der Waals surface area contributed by atoms with E-state index in [2.05, 4.69) is 25.1 Å². The van der Waals surface area contributed by atoms with Gasteiger partial charge in [-0.3, -0.25) is 0 Å². The van der Waals surface area contributed by atoms with Gasteiger partial charge in [0.2, 0.25) is 0 Å². The Kier molecular flexibility index (Phi) is 4.87. The molecule has 0 unspecified atom stereocenters. The molecule has 0 saturated carbocycles. The van der Waals surface area contributed by atoms with E-state index in [0.29, 0.717) is 5.56 Å². The van der Waals surface area contributed by atoms with Crippen LogP contribution < -0.4 is 0 Å². The first-order chi connectivity index (χ1) is 11.3. The van der Waals surface area contributed by atoms with Gasteiger partial charge >= 0.3 is 0 Å². The molecule has 116 valence electrons. The van der Waals surface area contributed by atoms with Crippen molar-refractivity contribution in [3.8, 4) is 22.3 Å². The van der Waals surface area contributed by atoms with Crippen LogP contribution in [0.25, 0.3) is 22.3 Å². The van der Waals surface area contributed by atoms with Gasteiger partial charge in [0.05, 0.1) is 0 Å². The maximum atomic E-state index is 14.6. The number of benzene rings is 3. The number of unbranched alkanes of at least 4 members (excludes halogenated alkanes) is 1. The van der Waals surface area contributed by atoms with Gasteiger partial charge in [-0.1, -0.05) is 80.1 Å². The van der Waals surface area contributed by atoms with Crippen LogP contribution in [-0.2, 0) is 6.42 Å². The van der Waals surface area contributed by atoms with Crippen LogP contribution >= 0.6 is 0 Å². The van der Waals surface area contributed by atoms with Crippen molar-refractivity contribution in [2.75, 3.05) is 0 Å². The van der Waals surface area contributed by atoms with Crippen LogP contribution in [0.15, 0.2) is 72.8 Å². The normalized spacial score (nSPS) is 10.7. The summed E-state index contributed by atoms with van der Waals surface area (Å²) in [5, 5.41) is 0. The summed E-state index contributed by atoms with van der Waals surface area (Å²) >= 11 is 0. The number of rotatable bonds is 5. The van der Waals surface area contributed by atoms with Gasteiger partial charge in [-0.15, -0.1) is 0 Å². The quantitative estimate of drug-likeness (QED) is 0.504. The second-order valence-corrected chi connectivity index (χ2v) is 5.82. The lowest BCUT2D eigenvalue weighted by molar-refractivity contribution is 0.632. The third kappa shape index (κ3) is 3.50. The van der Waals surface area contributed by atoms with Gasteiger partial charge in [-0.2, -0.15) is 0 Å². The van der Waals surface area contributed by atoms with Crippen LogP contribution in [0.2, 0.25) is 0 Å². The maximum absolute atomic E-state index is 14.6. The highest BCUT2D eigenvalue weighted by molar-refractivity contribution is 5.72. The topological polar surface area (TPSA) is 0 Å². The van der Waals surface area contributed by atoms with E-state index in [1.807, 2.05) is 48.5 Å². The molecule has 3 aromatic rings. The number of halogens is 1. The van der Waals surface area contributed by atoms with E-state index in [9.17, 15) is 4.39 Å². The molecule has 0 fully saturated rings. The van der Waals surface area contributed by atoms with Gasteiger partial charge < -0.3 is 0 Å². The van der Waals surface area contributed by atoms with E-state index in [0.717, 1.165) is 36.0 Å². The summed E-state index contributed by atoms with van der Waals surface area (Å²) in [5.41, 5.74) is 4.95. The zero-order valence-electron chi connectivity index (χ0n) is 13.4. The minimum atomic E-state index is -0.168. The summed E-state index contributed by atoms with van der Waals surface area (Å²) in [6.07, 6.45) is 3.35. The average molecular weight is 304 g/mol. The van der Waals surface area contributed by atoms with Crippen molar-refractivity contribution in [2.45, 2.75) is 26.2 Å². The zero-order chi connectivity index (χ0) is 16.1. The second kappa shape index (κ2) is 7.23. The van der Waals surface area contributed by atoms with E-state index in [4.69, 9.17) is 0 Å². The van der Waals surface area contributed by atoms with Gasteiger partial charge in [0.25, 0.3) is 0 Å². The van der Waals surface area contributed by atoms with E-state index in [-0.39, 0.29) is 5.82 Å². The Balaban J connectivity index is 1.98. The average Bonchev–Trinajstić information content (AvgIpc) is 2.61. The molecular formula is C22H21F. The molecule has 0 spiro atoms. The molecule has 0 aliphatic heterocycles. The van der Waals surface area contributed by atoms with Crippen molar-refractivity contribution < 1.29 is 4.39 Å². The fourth-order valence-corrected chi connectivity index (χ4v) is 2.92. The number of hydrogen-bond acceptors (Lipinski definition) is 0. The summed E-state index contributed by atoms with van der Waals surface area (Å²) < 4.78 is 14.6. The Morgan fingerprint density at radius 3 is 2.22 bits per heavy atom. The molecule has 0 aliphatic rings. The van der Waals surface area contributed by atoms with Gasteiger partial charge in [0, 0.05) is 5.56 Å². The molecule has 0 radical (unpaired) electrons. The Hall–Kier alpha value is -2.41. The van der Waals surface area contributed by atoms with Gasteiger partial charge in [-0.05, 0) is 41.2 Å². The predicted octanol–water partition coefficient (Wildman–Crippen LogP) is 6.50. The molecule has 0 bridgehead atoms. The summed E-state index contributed by atoms with van der Waals surface area (Å²) in [6, 6.07) is 23.6. The molecule has 0 nitrogen and oxygen atoms in total. The summed E-state index contributed by atoms with van der Waals surface area (Å²) in [5.74, 6) is -0.168. The molecule has 0 amide bonds. The smallest absolute Gasteiger partial charge is 0.131 e. The molecular weight excluding hydrogens is 283 g/mol. The Labute approximate surface area is 137 Å². The zero-order valence-corrected chi connectivity index (χ0v) is 13.4. The monoisotopic (exact) mass is 304 g/mol. The van der Waals surface area contributed by atoms with Crippen LogP contribution in [0.1, 0.15) is 25.3 Å². The van der Waals surface area contributed by atoms with Crippen molar-refractivity contribution in [1.82, 2.24) is 0 Å². The van der Waals surface area contributed by atoms with Crippen LogP contribution in [0.4, 0.5) is 4.39 Å². The molecule has 1 heteroatoms. The molecule has 0 aliphatic carbocycles. The van der Waals surface area contributed by atoms with E-state index in [1.165, 1.54) is 5.56 Å². The van der Waals surface area contributed by atoms with E-state index >= 15 is 0 Å².